The summed E-state index contributed by atoms with van der Waals surface area (Å²) in [6.07, 6.45) is 7.87. The Balaban J connectivity index is 1.36. The Morgan fingerprint density at radius 1 is 0.967 bits per heavy atom. The van der Waals surface area contributed by atoms with Crippen LogP contribution in [-0.4, -0.2) is 37.4 Å². The van der Waals surface area contributed by atoms with Crippen molar-refractivity contribution in [1.82, 2.24) is 10.2 Å². The molecule has 6 rings (SSSR count). The Kier molecular flexibility index (Phi) is 4.84. The van der Waals surface area contributed by atoms with E-state index in [2.05, 4.69) is 15.5 Å². The SMILES string of the molecule is COc1cc(C(=O)Nc2nnc(C34CC5CC(CC(C5)C3)C4)s2)cc(OC)c1OC. The zero-order valence-electron chi connectivity index (χ0n) is 17.6. The molecule has 4 saturated carbocycles. The Morgan fingerprint density at radius 2 is 1.53 bits per heavy atom. The zero-order valence-corrected chi connectivity index (χ0v) is 18.4. The van der Waals surface area contributed by atoms with Crippen LogP contribution in [0.1, 0.15) is 53.9 Å². The molecule has 30 heavy (non-hydrogen) atoms. The van der Waals surface area contributed by atoms with E-state index < -0.39 is 0 Å². The van der Waals surface area contributed by atoms with Crippen molar-refractivity contribution >= 4 is 22.4 Å². The molecule has 0 atom stereocenters. The summed E-state index contributed by atoms with van der Waals surface area (Å²) in [4.78, 5) is 12.9. The number of carbonyl (C=O) groups is 1. The number of rotatable bonds is 6. The quantitative estimate of drug-likeness (QED) is 0.738. The van der Waals surface area contributed by atoms with E-state index in [9.17, 15) is 4.79 Å². The third-order valence-electron chi connectivity index (χ3n) is 7.06. The average molecular weight is 430 g/mol. The molecule has 2 aromatic rings. The predicted molar refractivity (Wildman–Crippen MR) is 114 cm³/mol. The topological polar surface area (TPSA) is 82.6 Å². The summed E-state index contributed by atoms with van der Waals surface area (Å²) < 4.78 is 16.0. The largest absolute Gasteiger partial charge is 0.493 e. The normalized spacial score (nSPS) is 29.0. The van der Waals surface area contributed by atoms with Crippen molar-refractivity contribution in [3.05, 3.63) is 22.7 Å². The lowest BCUT2D eigenvalue weighted by molar-refractivity contribution is -0.00555. The highest BCUT2D eigenvalue weighted by atomic mass is 32.1. The number of aromatic nitrogens is 2. The summed E-state index contributed by atoms with van der Waals surface area (Å²) in [5.74, 6) is 3.59. The number of anilines is 1. The summed E-state index contributed by atoms with van der Waals surface area (Å²) in [6, 6.07) is 3.27. The van der Waals surface area contributed by atoms with Crippen molar-refractivity contribution in [3.8, 4) is 17.2 Å². The number of benzene rings is 1. The number of ether oxygens (including phenoxy) is 3. The lowest BCUT2D eigenvalue weighted by Crippen LogP contribution is -2.48. The van der Waals surface area contributed by atoms with Crippen LogP contribution in [0.4, 0.5) is 5.13 Å². The van der Waals surface area contributed by atoms with Gasteiger partial charge in [-0.2, -0.15) is 0 Å². The van der Waals surface area contributed by atoms with Gasteiger partial charge in [0.15, 0.2) is 11.5 Å². The molecule has 1 heterocycles. The lowest BCUT2D eigenvalue weighted by Gasteiger charge is -2.55. The van der Waals surface area contributed by atoms with Gasteiger partial charge in [-0.25, -0.2) is 0 Å². The van der Waals surface area contributed by atoms with Gasteiger partial charge in [-0.05, 0) is 68.4 Å². The van der Waals surface area contributed by atoms with Gasteiger partial charge in [-0.15, -0.1) is 10.2 Å². The van der Waals surface area contributed by atoms with E-state index in [1.165, 1.54) is 71.2 Å². The summed E-state index contributed by atoms with van der Waals surface area (Å²) in [5.41, 5.74) is 0.596. The van der Waals surface area contributed by atoms with Crippen molar-refractivity contribution in [2.75, 3.05) is 26.6 Å². The average Bonchev–Trinajstić information content (AvgIpc) is 3.21. The number of nitrogens with one attached hydrogen (secondary N) is 1. The standard InChI is InChI=1S/C22H27N3O4S/c1-27-16-7-15(8-17(28-2)18(16)29-3)19(26)23-21-25-24-20(30-21)22-9-12-4-13(10-22)6-14(5-12)11-22/h7-8,12-14H,4-6,9-11H2,1-3H3,(H,23,25,26). The third-order valence-corrected chi connectivity index (χ3v) is 8.15. The van der Waals surface area contributed by atoms with E-state index >= 15 is 0 Å². The second kappa shape index (κ2) is 7.41. The number of nitrogens with zero attached hydrogens (tertiary/aromatic N) is 2. The van der Waals surface area contributed by atoms with Crippen LogP contribution in [0.2, 0.25) is 0 Å². The van der Waals surface area contributed by atoms with E-state index in [-0.39, 0.29) is 11.3 Å². The number of amides is 1. The van der Waals surface area contributed by atoms with Crippen LogP contribution in [0.25, 0.3) is 0 Å². The molecule has 0 saturated heterocycles. The van der Waals surface area contributed by atoms with E-state index in [0.717, 1.165) is 22.8 Å². The fourth-order valence-electron chi connectivity index (χ4n) is 6.24. The molecule has 4 bridgehead atoms. The van der Waals surface area contributed by atoms with Crippen LogP contribution in [0.5, 0.6) is 17.2 Å². The van der Waals surface area contributed by atoms with Crippen molar-refractivity contribution in [2.24, 2.45) is 17.8 Å². The summed E-state index contributed by atoms with van der Waals surface area (Å²) >= 11 is 1.53. The molecule has 0 unspecified atom stereocenters. The first kappa shape index (κ1) is 19.6. The van der Waals surface area contributed by atoms with Gasteiger partial charge in [0.1, 0.15) is 5.01 Å². The molecule has 7 nitrogen and oxygen atoms in total. The molecule has 1 aromatic heterocycles. The first-order chi connectivity index (χ1) is 14.5. The Hall–Kier alpha value is -2.35. The molecule has 160 valence electrons. The van der Waals surface area contributed by atoms with E-state index in [0.29, 0.717) is 27.9 Å². The molecule has 1 aromatic carbocycles. The molecular formula is C22H27N3O4S. The maximum atomic E-state index is 12.9. The van der Waals surface area contributed by atoms with Gasteiger partial charge in [0.05, 0.1) is 21.3 Å². The lowest BCUT2D eigenvalue weighted by atomic mass is 9.50. The zero-order chi connectivity index (χ0) is 20.9. The predicted octanol–water partition coefficient (Wildman–Crippen LogP) is 4.28. The summed E-state index contributed by atoms with van der Waals surface area (Å²) in [5, 5.41) is 13.4. The second-order valence-corrected chi connectivity index (χ2v) is 9.96. The highest BCUT2D eigenvalue weighted by Gasteiger charge is 2.53. The van der Waals surface area contributed by atoms with Gasteiger partial charge >= 0.3 is 0 Å². The van der Waals surface area contributed by atoms with Crippen molar-refractivity contribution < 1.29 is 19.0 Å². The molecule has 0 aliphatic heterocycles. The maximum Gasteiger partial charge on any atom is 0.257 e. The smallest absolute Gasteiger partial charge is 0.257 e. The number of hydrogen-bond donors (Lipinski definition) is 1. The van der Waals surface area contributed by atoms with Gasteiger partial charge in [-0.3, -0.25) is 10.1 Å². The van der Waals surface area contributed by atoms with Crippen LogP contribution in [0, 0.1) is 17.8 Å². The fourth-order valence-corrected chi connectivity index (χ4v) is 7.20. The van der Waals surface area contributed by atoms with E-state index in [1.54, 1.807) is 12.1 Å². The monoisotopic (exact) mass is 429 g/mol. The minimum absolute atomic E-state index is 0.182. The number of methoxy groups -OCH3 is 3. The van der Waals surface area contributed by atoms with Gasteiger partial charge in [0.2, 0.25) is 10.9 Å². The summed E-state index contributed by atoms with van der Waals surface area (Å²) in [7, 11) is 4.59. The highest BCUT2D eigenvalue weighted by molar-refractivity contribution is 7.15. The Bertz CT molecular complexity index is 913. The van der Waals surface area contributed by atoms with Gasteiger partial charge in [-0.1, -0.05) is 11.3 Å². The molecule has 4 aliphatic carbocycles. The van der Waals surface area contributed by atoms with E-state index in [1.807, 2.05) is 0 Å². The van der Waals surface area contributed by atoms with Gasteiger partial charge in [0.25, 0.3) is 5.91 Å². The van der Waals surface area contributed by atoms with Gasteiger partial charge in [0, 0.05) is 11.0 Å². The molecule has 4 fully saturated rings. The second-order valence-electron chi connectivity index (χ2n) is 8.98. The van der Waals surface area contributed by atoms with E-state index in [4.69, 9.17) is 14.2 Å². The van der Waals surface area contributed by atoms with Crippen LogP contribution >= 0.6 is 11.3 Å². The first-order valence-corrected chi connectivity index (χ1v) is 11.3. The van der Waals surface area contributed by atoms with Gasteiger partial charge < -0.3 is 14.2 Å². The highest BCUT2D eigenvalue weighted by Crippen LogP contribution is 2.61. The fraction of sp³-hybridized carbons (Fsp3) is 0.591. The third kappa shape index (κ3) is 3.21. The molecular weight excluding hydrogens is 402 g/mol. The van der Waals surface area contributed by atoms with Crippen LogP contribution in [-0.2, 0) is 5.41 Å². The minimum atomic E-state index is -0.275. The minimum Gasteiger partial charge on any atom is -0.493 e. The Labute approximate surface area is 180 Å². The number of carbonyl (C=O) groups excluding carboxylic acids is 1. The maximum absolute atomic E-state index is 12.9. The molecule has 1 N–H and O–H groups in total. The number of hydrogen-bond acceptors (Lipinski definition) is 7. The van der Waals surface area contributed by atoms with Crippen molar-refractivity contribution in [2.45, 2.75) is 43.9 Å². The molecule has 1 amide bonds. The Morgan fingerprint density at radius 3 is 2.03 bits per heavy atom. The summed E-state index contributed by atoms with van der Waals surface area (Å²) in [6.45, 7) is 0. The van der Waals surface area contributed by atoms with Crippen LogP contribution < -0.4 is 19.5 Å². The van der Waals surface area contributed by atoms with Crippen LogP contribution in [0.3, 0.4) is 0 Å². The van der Waals surface area contributed by atoms with Crippen LogP contribution in [0.15, 0.2) is 12.1 Å². The molecule has 8 heteroatoms. The molecule has 0 radical (unpaired) electrons. The molecule has 4 aliphatic rings. The first-order valence-electron chi connectivity index (χ1n) is 10.5. The van der Waals surface area contributed by atoms with Crippen molar-refractivity contribution in [1.29, 1.82) is 0 Å². The van der Waals surface area contributed by atoms with Crippen molar-refractivity contribution in [3.63, 3.8) is 0 Å². The molecule has 0 spiro atoms.